The van der Waals surface area contributed by atoms with Gasteiger partial charge < -0.3 is 11.1 Å². The molecule has 1 heterocycles. The van der Waals surface area contributed by atoms with Crippen LogP contribution in [0.5, 0.6) is 0 Å². The summed E-state index contributed by atoms with van der Waals surface area (Å²) in [6, 6.07) is 6.61. The maximum atomic E-state index is 14.2. The molecule has 0 aromatic heterocycles. The van der Waals surface area contributed by atoms with E-state index in [0.29, 0.717) is 11.3 Å². The first kappa shape index (κ1) is 12.8. The van der Waals surface area contributed by atoms with E-state index < -0.39 is 29.7 Å². The molecule has 0 saturated carbocycles. The van der Waals surface area contributed by atoms with Gasteiger partial charge in [-0.2, -0.15) is 0 Å². The summed E-state index contributed by atoms with van der Waals surface area (Å²) in [6.45, 7) is 2.63. The van der Waals surface area contributed by atoms with Crippen molar-refractivity contribution in [1.82, 2.24) is 5.32 Å². The highest BCUT2D eigenvalue weighted by molar-refractivity contribution is 5.86. The van der Waals surface area contributed by atoms with E-state index in [0.717, 1.165) is 6.92 Å². The molecule has 0 radical (unpaired) electrons. The van der Waals surface area contributed by atoms with Crippen LogP contribution in [0.2, 0.25) is 0 Å². The Hall–Kier alpha value is -1.65. The molecule has 0 aliphatic carbocycles. The number of halogens is 2. The van der Waals surface area contributed by atoms with Gasteiger partial charge >= 0.3 is 0 Å². The van der Waals surface area contributed by atoms with Crippen LogP contribution in [0.3, 0.4) is 0 Å². The molecule has 1 aromatic carbocycles. The first-order valence-corrected chi connectivity index (χ1v) is 5.77. The molecule has 1 amide bonds. The number of nitrogens with one attached hydrogen (secondary N) is 1. The fourth-order valence-corrected chi connectivity index (χ4v) is 2.19. The number of hydrogen-bond acceptors (Lipinski definition) is 2. The van der Waals surface area contributed by atoms with Crippen molar-refractivity contribution < 1.29 is 13.6 Å². The summed E-state index contributed by atoms with van der Waals surface area (Å²) in [7, 11) is 0. The summed E-state index contributed by atoms with van der Waals surface area (Å²) >= 11 is 0. The van der Waals surface area contributed by atoms with Gasteiger partial charge in [0.25, 0.3) is 5.91 Å². The second-order valence-corrected chi connectivity index (χ2v) is 5.15. The molecule has 1 saturated heterocycles. The largest absolute Gasteiger partial charge is 0.399 e. The summed E-state index contributed by atoms with van der Waals surface area (Å²) in [4.78, 5) is 11.7. The molecule has 1 aliphatic rings. The highest BCUT2D eigenvalue weighted by atomic mass is 19.2. The van der Waals surface area contributed by atoms with E-state index in [1.54, 1.807) is 31.2 Å². The number of hydrogen-bond donors (Lipinski definition) is 2. The van der Waals surface area contributed by atoms with E-state index in [1.165, 1.54) is 0 Å². The van der Waals surface area contributed by atoms with E-state index in [9.17, 15) is 13.6 Å². The van der Waals surface area contributed by atoms with Gasteiger partial charge in [0.2, 0.25) is 0 Å². The predicted octanol–water partition coefficient (Wildman–Crippen LogP) is 2.07. The Morgan fingerprint density at radius 2 is 2.11 bits per heavy atom. The SMILES string of the molecule is C[C@@]1(F)C[C@H](F)[C@@](C)(c2cccc(N)c2)NC1=O. The maximum Gasteiger partial charge on any atom is 0.258 e. The number of nitrogens with two attached hydrogens (primary N) is 1. The van der Waals surface area contributed by atoms with Gasteiger partial charge in [-0.05, 0) is 31.5 Å². The molecule has 3 atom stereocenters. The van der Waals surface area contributed by atoms with Gasteiger partial charge in [-0.25, -0.2) is 8.78 Å². The van der Waals surface area contributed by atoms with Crippen molar-refractivity contribution in [2.24, 2.45) is 0 Å². The van der Waals surface area contributed by atoms with Crippen molar-refractivity contribution in [1.29, 1.82) is 0 Å². The lowest BCUT2D eigenvalue weighted by Gasteiger charge is -2.42. The number of carbonyl (C=O) groups is 1. The highest BCUT2D eigenvalue weighted by Gasteiger charge is 2.51. The maximum absolute atomic E-state index is 14.2. The Bertz CT molecular complexity index is 490. The zero-order valence-corrected chi connectivity index (χ0v) is 10.3. The van der Waals surface area contributed by atoms with Crippen LogP contribution < -0.4 is 11.1 Å². The predicted molar refractivity (Wildman–Crippen MR) is 65.4 cm³/mol. The molecule has 1 fully saturated rings. The normalized spacial score (nSPS) is 36.2. The van der Waals surface area contributed by atoms with Crippen molar-refractivity contribution in [3.63, 3.8) is 0 Å². The number of anilines is 1. The van der Waals surface area contributed by atoms with Gasteiger partial charge in [-0.1, -0.05) is 12.1 Å². The van der Waals surface area contributed by atoms with Crippen LogP contribution in [-0.2, 0) is 10.3 Å². The zero-order chi connectivity index (χ0) is 13.6. The second-order valence-electron chi connectivity index (χ2n) is 5.15. The lowest BCUT2D eigenvalue weighted by molar-refractivity contribution is -0.142. The van der Waals surface area contributed by atoms with E-state index in [4.69, 9.17) is 5.73 Å². The third-order valence-electron chi connectivity index (χ3n) is 3.52. The molecule has 5 heteroatoms. The minimum atomic E-state index is -2.17. The number of carbonyl (C=O) groups excluding carboxylic acids is 1. The topological polar surface area (TPSA) is 55.1 Å². The van der Waals surface area contributed by atoms with Crippen LogP contribution in [0.1, 0.15) is 25.8 Å². The van der Waals surface area contributed by atoms with Crippen LogP contribution in [-0.4, -0.2) is 17.7 Å². The molecule has 2 rings (SSSR count). The van der Waals surface area contributed by atoms with Crippen LogP contribution in [0.15, 0.2) is 24.3 Å². The number of nitrogen functional groups attached to an aromatic ring is 1. The molecule has 0 bridgehead atoms. The lowest BCUT2D eigenvalue weighted by atomic mass is 9.78. The van der Waals surface area contributed by atoms with Gasteiger partial charge in [-0.15, -0.1) is 0 Å². The molecule has 18 heavy (non-hydrogen) atoms. The number of amides is 1. The van der Waals surface area contributed by atoms with E-state index in [2.05, 4.69) is 5.32 Å². The van der Waals surface area contributed by atoms with Crippen molar-refractivity contribution in [3.05, 3.63) is 29.8 Å². The second kappa shape index (κ2) is 3.93. The standard InChI is InChI=1S/C13H16F2N2O/c1-12(15)7-10(14)13(2,17-11(12)18)8-4-3-5-9(16)6-8/h3-6,10H,7,16H2,1-2H3,(H,17,18)/t10-,12+,13+/m0/s1. The number of rotatable bonds is 1. The number of piperidine rings is 1. The molecule has 0 spiro atoms. The Morgan fingerprint density at radius 1 is 1.44 bits per heavy atom. The smallest absolute Gasteiger partial charge is 0.258 e. The highest BCUT2D eigenvalue weighted by Crippen LogP contribution is 2.38. The number of benzene rings is 1. The average Bonchev–Trinajstić information content (AvgIpc) is 2.26. The molecule has 3 N–H and O–H groups in total. The molecular formula is C13H16F2N2O. The first-order valence-electron chi connectivity index (χ1n) is 5.77. The fraction of sp³-hybridized carbons (Fsp3) is 0.462. The van der Waals surface area contributed by atoms with Crippen molar-refractivity contribution in [3.8, 4) is 0 Å². The van der Waals surface area contributed by atoms with Gasteiger partial charge in [-0.3, -0.25) is 4.79 Å². The third kappa shape index (κ3) is 1.94. The Kier molecular flexibility index (Phi) is 2.80. The monoisotopic (exact) mass is 254 g/mol. The first-order chi connectivity index (χ1) is 8.25. The molecule has 0 unspecified atom stereocenters. The third-order valence-corrected chi connectivity index (χ3v) is 3.52. The average molecular weight is 254 g/mol. The van der Waals surface area contributed by atoms with Crippen LogP contribution in [0.25, 0.3) is 0 Å². The van der Waals surface area contributed by atoms with Gasteiger partial charge in [0.1, 0.15) is 6.17 Å². The molecule has 98 valence electrons. The van der Waals surface area contributed by atoms with Crippen LogP contribution in [0.4, 0.5) is 14.5 Å². The summed E-state index contributed by atoms with van der Waals surface area (Å²) in [5.41, 5.74) is 3.26. The molecular weight excluding hydrogens is 238 g/mol. The fourth-order valence-electron chi connectivity index (χ4n) is 2.19. The number of alkyl halides is 2. The zero-order valence-electron chi connectivity index (χ0n) is 10.3. The van der Waals surface area contributed by atoms with Crippen LogP contribution in [0, 0.1) is 0 Å². The van der Waals surface area contributed by atoms with Gasteiger partial charge in [0.15, 0.2) is 5.67 Å². The lowest BCUT2D eigenvalue weighted by Crippen LogP contribution is -2.62. The summed E-state index contributed by atoms with van der Waals surface area (Å²) in [5.74, 6) is -0.790. The van der Waals surface area contributed by atoms with E-state index in [1.807, 2.05) is 0 Å². The minimum absolute atomic E-state index is 0.454. The summed E-state index contributed by atoms with van der Waals surface area (Å²) < 4.78 is 28.0. The molecule has 3 nitrogen and oxygen atoms in total. The Labute approximate surface area is 104 Å². The van der Waals surface area contributed by atoms with E-state index in [-0.39, 0.29) is 0 Å². The summed E-state index contributed by atoms with van der Waals surface area (Å²) in [5, 5.41) is 2.43. The Morgan fingerprint density at radius 3 is 2.72 bits per heavy atom. The summed E-state index contributed by atoms with van der Waals surface area (Å²) in [6.07, 6.45) is -1.96. The van der Waals surface area contributed by atoms with Crippen molar-refractivity contribution in [2.75, 3.05) is 5.73 Å². The van der Waals surface area contributed by atoms with Gasteiger partial charge in [0.05, 0.1) is 5.54 Å². The quantitative estimate of drug-likeness (QED) is 0.754. The van der Waals surface area contributed by atoms with E-state index >= 15 is 0 Å². The molecule has 1 aromatic rings. The van der Waals surface area contributed by atoms with Crippen molar-refractivity contribution in [2.45, 2.75) is 37.6 Å². The van der Waals surface area contributed by atoms with Crippen LogP contribution >= 0.6 is 0 Å². The minimum Gasteiger partial charge on any atom is -0.399 e. The van der Waals surface area contributed by atoms with Crippen molar-refractivity contribution >= 4 is 11.6 Å². The van der Waals surface area contributed by atoms with Gasteiger partial charge in [0, 0.05) is 12.1 Å². The Balaban J connectivity index is 2.40. The molecule has 1 aliphatic heterocycles.